The van der Waals surface area contributed by atoms with Crippen LogP contribution < -0.4 is 0 Å². The van der Waals surface area contributed by atoms with Crippen molar-refractivity contribution in [3.05, 3.63) is 0 Å². The second-order valence-corrected chi connectivity index (χ2v) is 9.42. The molecule has 28 heavy (non-hydrogen) atoms. The van der Waals surface area contributed by atoms with Crippen molar-refractivity contribution in [2.45, 2.75) is 122 Å². The summed E-state index contributed by atoms with van der Waals surface area (Å²) in [7, 11) is 6.80. The van der Waals surface area contributed by atoms with E-state index in [-0.39, 0.29) is 0 Å². The lowest BCUT2D eigenvalue weighted by atomic mass is 10.0. The minimum atomic E-state index is 1.01. The van der Waals surface area contributed by atoms with Crippen molar-refractivity contribution in [2.75, 3.05) is 27.7 Å². The molecule has 0 N–H and O–H groups in total. The number of unbranched alkanes of at least 4 members (excludes halogenated alkanes) is 16. The molecule has 0 aliphatic carbocycles. The van der Waals surface area contributed by atoms with Gasteiger partial charge in [0.25, 0.3) is 0 Å². The van der Waals surface area contributed by atoms with Crippen LogP contribution >= 0.6 is 0 Å². The average molecular weight is 389 g/mol. The molecule has 0 atom stereocenters. The van der Waals surface area contributed by atoms with E-state index in [0.717, 1.165) is 17.3 Å². The molecule has 0 aromatic carbocycles. The molecule has 0 fully saturated rings. The van der Waals surface area contributed by atoms with Crippen LogP contribution in [0.25, 0.3) is 0 Å². The Labute approximate surface area is 178 Å². The first-order valence-electron chi connectivity index (χ1n) is 12.3. The SMILES string of the molecule is CCCCCCCCCCCCCCC#CC#CCCCCCC[N+](C)(C)C. The summed E-state index contributed by atoms with van der Waals surface area (Å²) in [5.74, 6) is 12.5. The summed E-state index contributed by atoms with van der Waals surface area (Å²) in [6, 6.07) is 0. The van der Waals surface area contributed by atoms with Crippen molar-refractivity contribution in [3.63, 3.8) is 0 Å². The van der Waals surface area contributed by atoms with Crippen LogP contribution in [0.1, 0.15) is 122 Å². The molecule has 0 heterocycles. The van der Waals surface area contributed by atoms with Gasteiger partial charge in [0, 0.05) is 12.8 Å². The molecule has 1 nitrogen and oxygen atoms in total. The molecule has 0 radical (unpaired) electrons. The third kappa shape index (κ3) is 25.1. The maximum atomic E-state index is 3.22. The third-order valence-electron chi connectivity index (χ3n) is 5.28. The maximum Gasteiger partial charge on any atom is 0.0780 e. The fraction of sp³-hybridized carbons (Fsp3) is 0.852. The molecule has 0 aliphatic heterocycles. The van der Waals surface area contributed by atoms with E-state index < -0.39 is 0 Å². The summed E-state index contributed by atoms with van der Waals surface area (Å²) in [6.45, 7) is 3.56. The summed E-state index contributed by atoms with van der Waals surface area (Å²) >= 11 is 0. The van der Waals surface area contributed by atoms with E-state index in [9.17, 15) is 0 Å². The molecular weight excluding hydrogens is 338 g/mol. The topological polar surface area (TPSA) is 0 Å². The van der Waals surface area contributed by atoms with Crippen LogP contribution in [0.3, 0.4) is 0 Å². The highest BCUT2D eigenvalue weighted by molar-refractivity contribution is 5.25. The highest BCUT2D eigenvalue weighted by Crippen LogP contribution is 2.12. The molecule has 162 valence electrons. The summed E-state index contributed by atoms with van der Waals surface area (Å²) < 4.78 is 1.08. The van der Waals surface area contributed by atoms with E-state index in [1.165, 1.54) is 109 Å². The molecule has 0 unspecified atom stereocenters. The molecule has 0 saturated heterocycles. The van der Waals surface area contributed by atoms with Gasteiger partial charge in [-0.2, -0.15) is 0 Å². The summed E-state index contributed by atoms with van der Waals surface area (Å²) in [5, 5.41) is 0. The van der Waals surface area contributed by atoms with Gasteiger partial charge >= 0.3 is 0 Å². The summed E-state index contributed by atoms with van der Waals surface area (Å²) in [4.78, 5) is 0. The molecular formula is C27H50N+. The second-order valence-electron chi connectivity index (χ2n) is 9.42. The van der Waals surface area contributed by atoms with Gasteiger partial charge in [0.15, 0.2) is 0 Å². The minimum absolute atomic E-state index is 1.01. The minimum Gasteiger partial charge on any atom is -0.331 e. The van der Waals surface area contributed by atoms with Crippen LogP contribution in [0.4, 0.5) is 0 Å². The Hall–Kier alpha value is -0.920. The molecule has 0 aromatic heterocycles. The van der Waals surface area contributed by atoms with Crippen LogP contribution in [0.15, 0.2) is 0 Å². The normalized spacial score (nSPS) is 10.9. The highest BCUT2D eigenvalue weighted by Gasteiger charge is 2.04. The van der Waals surface area contributed by atoms with E-state index in [1.54, 1.807) is 0 Å². The van der Waals surface area contributed by atoms with Crippen molar-refractivity contribution in [2.24, 2.45) is 0 Å². The summed E-state index contributed by atoms with van der Waals surface area (Å²) in [5.41, 5.74) is 0. The predicted octanol–water partition coefficient (Wildman–Crippen LogP) is 7.74. The van der Waals surface area contributed by atoms with Crippen molar-refractivity contribution in [1.82, 2.24) is 0 Å². The van der Waals surface area contributed by atoms with Crippen LogP contribution in [0, 0.1) is 23.7 Å². The molecule has 0 bridgehead atoms. The smallest absolute Gasteiger partial charge is 0.0780 e. The van der Waals surface area contributed by atoms with E-state index in [0.29, 0.717) is 0 Å². The lowest BCUT2D eigenvalue weighted by molar-refractivity contribution is -0.870. The molecule has 0 rings (SSSR count). The fourth-order valence-electron chi connectivity index (χ4n) is 3.42. The number of hydrogen-bond donors (Lipinski definition) is 0. The van der Waals surface area contributed by atoms with E-state index in [2.05, 4.69) is 51.7 Å². The Morgan fingerprint density at radius 2 is 0.821 bits per heavy atom. The highest BCUT2D eigenvalue weighted by atomic mass is 15.3. The lowest BCUT2D eigenvalue weighted by Crippen LogP contribution is -2.35. The zero-order valence-corrected chi connectivity index (χ0v) is 19.9. The van der Waals surface area contributed by atoms with E-state index >= 15 is 0 Å². The van der Waals surface area contributed by atoms with Crippen LogP contribution in [-0.4, -0.2) is 32.2 Å². The van der Waals surface area contributed by atoms with Gasteiger partial charge < -0.3 is 4.48 Å². The second kappa shape index (κ2) is 20.8. The molecule has 0 saturated carbocycles. The third-order valence-corrected chi connectivity index (χ3v) is 5.28. The van der Waals surface area contributed by atoms with Crippen LogP contribution in [-0.2, 0) is 0 Å². The van der Waals surface area contributed by atoms with E-state index in [1.807, 2.05) is 0 Å². The Kier molecular flexibility index (Phi) is 20.1. The Morgan fingerprint density at radius 3 is 1.21 bits per heavy atom. The van der Waals surface area contributed by atoms with Gasteiger partial charge in [-0.15, -0.1) is 0 Å². The first-order chi connectivity index (χ1) is 13.6. The Morgan fingerprint density at radius 1 is 0.464 bits per heavy atom. The molecule has 0 aliphatic rings. The number of hydrogen-bond acceptors (Lipinski definition) is 0. The van der Waals surface area contributed by atoms with Crippen LogP contribution in [0.2, 0.25) is 0 Å². The van der Waals surface area contributed by atoms with Gasteiger partial charge in [0.2, 0.25) is 0 Å². The first-order valence-corrected chi connectivity index (χ1v) is 12.3. The van der Waals surface area contributed by atoms with Gasteiger partial charge in [0.1, 0.15) is 0 Å². The number of rotatable bonds is 18. The number of quaternary nitrogens is 1. The average Bonchev–Trinajstić information content (AvgIpc) is 2.65. The zero-order chi connectivity index (χ0) is 20.8. The van der Waals surface area contributed by atoms with Crippen molar-refractivity contribution in [3.8, 4) is 23.7 Å². The monoisotopic (exact) mass is 388 g/mol. The van der Waals surface area contributed by atoms with Gasteiger partial charge in [-0.05, 0) is 37.5 Å². The van der Waals surface area contributed by atoms with Crippen molar-refractivity contribution >= 4 is 0 Å². The quantitative estimate of drug-likeness (QED) is 0.128. The summed E-state index contributed by atoms with van der Waals surface area (Å²) in [6.07, 6.45) is 24.1. The number of nitrogens with zero attached hydrogens (tertiary/aromatic N) is 1. The fourth-order valence-corrected chi connectivity index (χ4v) is 3.42. The van der Waals surface area contributed by atoms with E-state index in [4.69, 9.17) is 0 Å². The standard InChI is InChI=1S/C27H50N/c1-5-6-7-8-9-10-11-12-13-14-15-16-17-18-19-20-21-22-23-24-25-26-27-28(2,3)4/h5-17,22-27H2,1-4H3/q+1. The molecule has 0 spiro atoms. The lowest BCUT2D eigenvalue weighted by Gasteiger charge is -2.23. The largest absolute Gasteiger partial charge is 0.331 e. The predicted molar refractivity (Wildman–Crippen MR) is 127 cm³/mol. The molecule has 0 amide bonds. The first kappa shape index (κ1) is 27.1. The maximum absolute atomic E-state index is 3.22. The van der Waals surface area contributed by atoms with Crippen LogP contribution in [0.5, 0.6) is 0 Å². The Balaban J connectivity index is 3.27. The zero-order valence-electron chi connectivity index (χ0n) is 19.9. The van der Waals surface area contributed by atoms with Crippen molar-refractivity contribution < 1.29 is 4.48 Å². The van der Waals surface area contributed by atoms with Gasteiger partial charge in [-0.1, -0.05) is 95.8 Å². The molecule has 0 aromatic rings. The molecule has 1 heteroatoms. The van der Waals surface area contributed by atoms with Gasteiger partial charge in [-0.3, -0.25) is 0 Å². The Bertz CT molecular complexity index is 435. The van der Waals surface area contributed by atoms with Gasteiger partial charge in [0.05, 0.1) is 27.7 Å². The van der Waals surface area contributed by atoms with Crippen molar-refractivity contribution in [1.29, 1.82) is 0 Å². The van der Waals surface area contributed by atoms with Gasteiger partial charge in [-0.25, -0.2) is 0 Å².